The molecular weight excluding hydrogens is 278 g/mol. The minimum atomic E-state index is 0.670. The molecule has 0 atom stereocenters. The van der Waals surface area contributed by atoms with E-state index in [0.29, 0.717) is 29.0 Å². The van der Waals surface area contributed by atoms with Crippen molar-refractivity contribution in [3.05, 3.63) is 20.0 Å². The van der Waals surface area contributed by atoms with Crippen LogP contribution in [0.4, 0.5) is 0 Å². The summed E-state index contributed by atoms with van der Waals surface area (Å²) in [6, 6.07) is 0. The fourth-order valence-corrected chi connectivity index (χ4v) is 7.60. The Morgan fingerprint density at radius 2 is 1.00 bits per heavy atom. The molecule has 0 spiro atoms. The zero-order chi connectivity index (χ0) is 8.88. The fourth-order valence-electron chi connectivity index (χ4n) is 1.37. The maximum absolute atomic E-state index is 2.30. The van der Waals surface area contributed by atoms with Crippen LogP contribution in [-0.4, -0.2) is 29.0 Å². The molecule has 0 aromatic carbocycles. The maximum atomic E-state index is 2.30. The van der Waals surface area contributed by atoms with Crippen LogP contribution >= 0.6 is 0 Å². The van der Waals surface area contributed by atoms with Crippen LogP contribution in [0.5, 0.6) is 0 Å². The zero-order valence-corrected chi connectivity index (χ0v) is 11.2. The molecule has 2 heteroatoms. The number of hydrogen-bond donors (Lipinski definition) is 0. The monoisotopic (exact) mass is 292 g/mol. The molecule has 2 aromatic rings. The second kappa shape index (κ2) is 2.89. The van der Waals surface area contributed by atoms with E-state index in [1.807, 2.05) is 0 Å². The van der Waals surface area contributed by atoms with Crippen LogP contribution in [0.2, 0.25) is 0 Å². The first-order chi connectivity index (χ1) is 5.61. The first-order valence-electron chi connectivity index (χ1n) is 4.07. The molecule has 0 aliphatic carbocycles. The van der Waals surface area contributed by atoms with Gasteiger partial charge in [0.25, 0.3) is 0 Å². The van der Waals surface area contributed by atoms with Gasteiger partial charge in [-0.3, -0.25) is 0 Å². The summed E-state index contributed by atoms with van der Waals surface area (Å²) in [5.74, 6) is 0. The second-order valence-corrected chi connectivity index (χ2v) is 8.36. The molecule has 0 aliphatic rings. The van der Waals surface area contributed by atoms with E-state index < -0.39 is 0 Å². The van der Waals surface area contributed by atoms with Crippen LogP contribution in [0, 0.1) is 27.7 Å². The van der Waals surface area contributed by atoms with Crippen molar-refractivity contribution in [2.45, 2.75) is 27.7 Å². The van der Waals surface area contributed by atoms with E-state index in [4.69, 9.17) is 0 Å². The fraction of sp³-hybridized carbons (Fsp3) is 0.400. The summed E-state index contributed by atoms with van der Waals surface area (Å²) < 4.78 is 6.74. The third-order valence-electron chi connectivity index (χ3n) is 2.45. The summed E-state index contributed by atoms with van der Waals surface area (Å²) in [5, 5.41) is 0. The molecule has 2 rings (SSSR count). The summed E-state index contributed by atoms with van der Waals surface area (Å²) in [6.45, 7) is 9.19. The Hall–Kier alpha value is 0.259. The topological polar surface area (TPSA) is 0 Å². The van der Waals surface area contributed by atoms with Gasteiger partial charge >= 0.3 is 85.2 Å². The van der Waals surface area contributed by atoms with Crippen molar-refractivity contribution in [2.75, 3.05) is 0 Å². The van der Waals surface area contributed by atoms with Crippen LogP contribution in [0.3, 0.4) is 0 Å². The Kier molecular flexibility index (Phi) is 2.13. The van der Waals surface area contributed by atoms with Gasteiger partial charge in [0, 0.05) is 0 Å². The van der Waals surface area contributed by atoms with Gasteiger partial charge in [-0.1, -0.05) is 0 Å². The standard InChI is InChI=1S/C10H12Se2/c1-5-7(3)11-10-6(2)8(4)12-9(5)10/h1-4H3. The van der Waals surface area contributed by atoms with E-state index in [1.165, 1.54) is 0 Å². The molecule has 0 nitrogen and oxygen atoms in total. The third kappa shape index (κ3) is 1.10. The van der Waals surface area contributed by atoms with Crippen molar-refractivity contribution in [3.63, 3.8) is 0 Å². The molecule has 0 amide bonds. The van der Waals surface area contributed by atoms with Crippen molar-refractivity contribution in [1.82, 2.24) is 0 Å². The summed E-state index contributed by atoms with van der Waals surface area (Å²) >= 11 is 1.34. The first-order valence-corrected chi connectivity index (χ1v) is 7.49. The predicted octanol–water partition coefficient (Wildman–Crippen LogP) is 2.19. The van der Waals surface area contributed by atoms with Gasteiger partial charge in [0.2, 0.25) is 0 Å². The Balaban J connectivity index is 2.93. The van der Waals surface area contributed by atoms with Gasteiger partial charge in [0.05, 0.1) is 0 Å². The van der Waals surface area contributed by atoms with Crippen molar-refractivity contribution in [3.8, 4) is 0 Å². The number of aryl methyl sites for hydroxylation is 4. The third-order valence-corrected chi connectivity index (χ3v) is 8.68. The quantitative estimate of drug-likeness (QED) is 0.652. The Labute approximate surface area is 85.1 Å². The molecule has 0 fully saturated rings. The molecule has 0 saturated heterocycles. The van der Waals surface area contributed by atoms with Crippen LogP contribution in [-0.2, 0) is 0 Å². The van der Waals surface area contributed by atoms with Gasteiger partial charge in [-0.2, -0.15) is 0 Å². The van der Waals surface area contributed by atoms with Gasteiger partial charge < -0.3 is 0 Å². The van der Waals surface area contributed by atoms with Crippen molar-refractivity contribution in [2.24, 2.45) is 0 Å². The van der Waals surface area contributed by atoms with Crippen molar-refractivity contribution < 1.29 is 0 Å². The van der Waals surface area contributed by atoms with E-state index in [-0.39, 0.29) is 0 Å². The van der Waals surface area contributed by atoms with E-state index >= 15 is 0 Å². The summed E-state index contributed by atoms with van der Waals surface area (Å²) in [7, 11) is 0. The van der Waals surface area contributed by atoms with Crippen LogP contribution in [0.1, 0.15) is 20.0 Å². The summed E-state index contributed by atoms with van der Waals surface area (Å²) in [6.07, 6.45) is 0. The first kappa shape index (κ1) is 8.84. The van der Waals surface area contributed by atoms with E-state index in [2.05, 4.69) is 27.7 Å². The van der Waals surface area contributed by atoms with E-state index in [9.17, 15) is 0 Å². The molecule has 0 bridgehead atoms. The molecule has 12 heavy (non-hydrogen) atoms. The molecule has 2 aromatic heterocycles. The predicted molar refractivity (Wildman–Crippen MR) is 56.8 cm³/mol. The normalized spacial score (nSPS) is 11.3. The van der Waals surface area contributed by atoms with Gasteiger partial charge in [-0.15, -0.1) is 0 Å². The Bertz CT molecular complexity index is 390. The molecule has 64 valence electrons. The number of rotatable bonds is 0. The summed E-state index contributed by atoms with van der Waals surface area (Å²) in [4.78, 5) is 0. The van der Waals surface area contributed by atoms with Crippen molar-refractivity contribution in [1.29, 1.82) is 0 Å². The Morgan fingerprint density at radius 1 is 0.667 bits per heavy atom. The zero-order valence-electron chi connectivity index (χ0n) is 7.82. The molecule has 0 aliphatic heterocycles. The SMILES string of the molecule is Cc1[se]c2c(C)c(C)[se]c2c1C. The average Bonchev–Trinajstić information content (AvgIpc) is 2.43. The second-order valence-electron chi connectivity index (χ2n) is 3.22. The number of hydrogen-bond acceptors (Lipinski definition) is 0. The Morgan fingerprint density at radius 3 is 1.33 bits per heavy atom. The molecular formula is C10H12Se2. The van der Waals surface area contributed by atoms with Gasteiger partial charge in [0.15, 0.2) is 0 Å². The molecule has 0 N–H and O–H groups in total. The van der Waals surface area contributed by atoms with Crippen LogP contribution in [0.15, 0.2) is 0 Å². The minimum absolute atomic E-state index is 0.670. The van der Waals surface area contributed by atoms with E-state index in [1.54, 1.807) is 28.5 Å². The number of fused-ring (bicyclic) bond motifs is 1. The van der Waals surface area contributed by atoms with Gasteiger partial charge in [0.1, 0.15) is 0 Å². The molecule has 0 unspecified atom stereocenters. The van der Waals surface area contributed by atoms with Gasteiger partial charge in [-0.25, -0.2) is 0 Å². The molecule has 0 radical (unpaired) electrons. The average molecular weight is 290 g/mol. The van der Waals surface area contributed by atoms with Crippen LogP contribution in [0.25, 0.3) is 8.52 Å². The summed E-state index contributed by atoms with van der Waals surface area (Å²) in [5.41, 5.74) is 3.22. The molecule has 2 heterocycles. The van der Waals surface area contributed by atoms with Gasteiger partial charge in [-0.05, 0) is 0 Å². The van der Waals surface area contributed by atoms with Crippen LogP contribution < -0.4 is 0 Å². The van der Waals surface area contributed by atoms with E-state index in [0.717, 1.165) is 0 Å². The molecule has 0 saturated carbocycles. The van der Waals surface area contributed by atoms with Crippen molar-refractivity contribution >= 4 is 37.5 Å².